The van der Waals surface area contributed by atoms with Crippen molar-refractivity contribution in [1.82, 2.24) is 10.2 Å². The topological polar surface area (TPSA) is 113 Å². The molecular formula is C27H37N3O5. The summed E-state index contributed by atoms with van der Waals surface area (Å²) in [6, 6.07) is 6.18. The molecule has 35 heavy (non-hydrogen) atoms. The van der Waals surface area contributed by atoms with Crippen molar-refractivity contribution in [3.05, 3.63) is 62.5 Å². The van der Waals surface area contributed by atoms with Gasteiger partial charge in [0.2, 0.25) is 5.91 Å². The molecular weight excluding hydrogens is 446 g/mol. The monoisotopic (exact) mass is 483 g/mol. The Labute approximate surface area is 207 Å². The quantitative estimate of drug-likeness (QED) is 0.239. The Bertz CT molecular complexity index is 1020. The predicted octanol–water partition coefficient (Wildman–Crippen LogP) is 5.66. The van der Waals surface area contributed by atoms with Crippen LogP contribution in [0.2, 0.25) is 0 Å². The van der Waals surface area contributed by atoms with Crippen LogP contribution < -0.4 is 5.32 Å². The highest BCUT2D eigenvalue weighted by Crippen LogP contribution is 2.45. The molecule has 3 rings (SSSR count). The third kappa shape index (κ3) is 5.92. The van der Waals surface area contributed by atoms with Gasteiger partial charge in [-0.1, -0.05) is 63.6 Å². The number of nitro benzene ring substituents is 1. The van der Waals surface area contributed by atoms with E-state index < -0.39 is 16.8 Å². The molecule has 1 aromatic rings. The Morgan fingerprint density at radius 3 is 2.31 bits per heavy atom. The highest BCUT2D eigenvalue weighted by Gasteiger charge is 2.42. The van der Waals surface area contributed by atoms with Crippen LogP contribution in [0.15, 0.2) is 46.8 Å². The van der Waals surface area contributed by atoms with Crippen LogP contribution in [0.5, 0.6) is 0 Å². The van der Waals surface area contributed by atoms with E-state index in [1.807, 2.05) is 11.8 Å². The molecule has 2 aliphatic rings. The average molecular weight is 484 g/mol. The van der Waals surface area contributed by atoms with Crippen LogP contribution in [0, 0.1) is 10.1 Å². The van der Waals surface area contributed by atoms with Crippen LogP contribution in [0.4, 0.5) is 5.69 Å². The Morgan fingerprint density at radius 1 is 1.06 bits per heavy atom. The van der Waals surface area contributed by atoms with Crippen molar-refractivity contribution in [3.8, 4) is 0 Å². The zero-order valence-corrected chi connectivity index (χ0v) is 21.0. The average Bonchev–Trinajstić information content (AvgIpc) is 3.33. The fourth-order valence-corrected chi connectivity index (χ4v) is 5.43. The maximum atomic E-state index is 13.7. The van der Waals surface area contributed by atoms with Crippen LogP contribution in [0.3, 0.4) is 0 Å². The molecule has 0 radical (unpaired) electrons. The van der Waals surface area contributed by atoms with Crippen molar-refractivity contribution in [2.24, 2.45) is 0 Å². The zero-order valence-electron chi connectivity index (χ0n) is 21.0. The minimum absolute atomic E-state index is 0.0232. The molecule has 1 atom stereocenters. The number of carbonyl (C=O) groups excluding carboxylic acids is 1. The van der Waals surface area contributed by atoms with Gasteiger partial charge in [-0.2, -0.15) is 0 Å². The lowest BCUT2D eigenvalue weighted by atomic mass is 9.78. The fraction of sp³-hybridized carbons (Fsp3) is 0.556. The molecule has 1 heterocycles. The molecule has 0 spiro atoms. The van der Waals surface area contributed by atoms with E-state index >= 15 is 0 Å². The number of nitro groups is 1. The summed E-state index contributed by atoms with van der Waals surface area (Å²) in [7, 11) is 0. The molecule has 1 aromatic carbocycles. The smallest absolute Gasteiger partial charge is 0.334 e. The summed E-state index contributed by atoms with van der Waals surface area (Å²) in [5.74, 6) is -2.52. The number of hydrogen-bond donors (Lipinski definition) is 2. The third-order valence-electron chi connectivity index (χ3n) is 7.26. The molecule has 0 bridgehead atoms. The van der Waals surface area contributed by atoms with Crippen molar-refractivity contribution < 1.29 is 19.6 Å². The van der Waals surface area contributed by atoms with E-state index in [-0.39, 0.29) is 28.8 Å². The second kappa shape index (κ2) is 12.0. The van der Waals surface area contributed by atoms with E-state index in [1.54, 1.807) is 25.1 Å². The molecule has 190 valence electrons. The second-order valence-electron chi connectivity index (χ2n) is 9.57. The van der Waals surface area contributed by atoms with Gasteiger partial charge in [0.25, 0.3) is 5.69 Å². The highest BCUT2D eigenvalue weighted by atomic mass is 16.6. The summed E-state index contributed by atoms with van der Waals surface area (Å²) in [4.78, 5) is 39.6. The minimum Gasteiger partial charge on any atom is -0.478 e. The number of hydrogen-bond acceptors (Lipinski definition) is 5. The van der Waals surface area contributed by atoms with Gasteiger partial charge >= 0.3 is 5.97 Å². The Morgan fingerprint density at radius 2 is 1.69 bits per heavy atom. The molecule has 1 unspecified atom stereocenters. The number of amides is 1. The Balaban J connectivity index is 2.10. The van der Waals surface area contributed by atoms with Gasteiger partial charge in [0.1, 0.15) is 0 Å². The van der Waals surface area contributed by atoms with Gasteiger partial charge in [0.15, 0.2) is 0 Å². The Hall–Kier alpha value is -3.16. The van der Waals surface area contributed by atoms with Crippen molar-refractivity contribution in [3.63, 3.8) is 0 Å². The number of nitrogens with one attached hydrogen (secondary N) is 1. The predicted molar refractivity (Wildman–Crippen MR) is 135 cm³/mol. The van der Waals surface area contributed by atoms with E-state index in [0.29, 0.717) is 23.5 Å². The summed E-state index contributed by atoms with van der Waals surface area (Å²) >= 11 is 0. The number of unbranched alkanes of at least 4 members (excludes halogenated alkanes) is 4. The number of allylic oxidation sites excluding steroid dienone is 2. The highest BCUT2D eigenvalue weighted by molar-refractivity contribution is 6.02. The number of para-hydroxylation sites is 1. The molecule has 8 nitrogen and oxygen atoms in total. The first-order valence-electron chi connectivity index (χ1n) is 12.7. The lowest BCUT2D eigenvalue weighted by molar-refractivity contribution is -0.385. The van der Waals surface area contributed by atoms with E-state index in [2.05, 4.69) is 12.2 Å². The van der Waals surface area contributed by atoms with Crippen LogP contribution in [0.1, 0.15) is 90.0 Å². The molecule has 0 saturated heterocycles. The van der Waals surface area contributed by atoms with Crippen molar-refractivity contribution in [2.75, 3.05) is 6.54 Å². The first-order chi connectivity index (χ1) is 16.8. The standard InChI is InChI=1S/C27H37N3O5/c1-4-5-6-7-12-17-29-18(2)23(26(31)28-20-13-8-9-14-20)25(24(19(29)3)27(32)33)21-15-10-11-16-22(21)30(34)35/h10-11,15-16,20,25H,4-9,12-14,17H2,1-3H3,(H,28,31)(H,32,33). The molecule has 1 saturated carbocycles. The lowest BCUT2D eigenvalue weighted by Gasteiger charge is -2.38. The zero-order chi connectivity index (χ0) is 25.5. The van der Waals surface area contributed by atoms with E-state index in [1.165, 1.54) is 6.07 Å². The minimum atomic E-state index is -1.17. The molecule has 1 fully saturated rings. The van der Waals surface area contributed by atoms with Crippen LogP contribution in [0.25, 0.3) is 0 Å². The first kappa shape index (κ1) is 26.4. The maximum absolute atomic E-state index is 13.7. The van der Waals surface area contributed by atoms with Gasteiger partial charge in [0, 0.05) is 41.2 Å². The van der Waals surface area contributed by atoms with Crippen LogP contribution in [-0.4, -0.2) is 39.4 Å². The van der Waals surface area contributed by atoms with Crippen molar-refractivity contribution >= 4 is 17.6 Å². The van der Waals surface area contributed by atoms with Gasteiger partial charge in [-0.05, 0) is 33.1 Å². The molecule has 0 aromatic heterocycles. The van der Waals surface area contributed by atoms with Crippen LogP contribution >= 0.6 is 0 Å². The second-order valence-corrected chi connectivity index (χ2v) is 9.57. The summed E-state index contributed by atoms with van der Waals surface area (Å²) < 4.78 is 0. The number of nitrogens with zero attached hydrogens (tertiary/aromatic N) is 2. The van der Waals surface area contributed by atoms with Gasteiger partial charge in [-0.3, -0.25) is 14.9 Å². The van der Waals surface area contributed by atoms with Gasteiger partial charge in [-0.25, -0.2) is 4.79 Å². The largest absolute Gasteiger partial charge is 0.478 e. The lowest BCUT2D eigenvalue weighted by Crippen LogP contribution is -2.41. The van der Waals surface area contributed by atoms with E-state index in [4.69, 9.17) is 0 Å². The molecule has 1 aliphatic carbocycles. The third-order valence-corrected chi connectivity index (χ3v) is 7.26. The number of benzene rings is 1. The molecule has 8 heteroatoms. The Kier molecular flexibility index (Phi) is 9.07. The summed E-state index contributed by atoms with van der Waals surface area (Å²) in [5.41, 5.74) is 1.56. The fourth-order valence-electron chi connectivity index (χ4n) is 5.43. The number of carboxylic acids is 1. The van der Waals surface area contributed by atoms with Crippen LogP contribution in [-0.2, 0) is 9.59 Å². The van der Waals surface area contributed by atoms with Crippen molar-refractivity contribution in [2.45, 2.75) is 90.5 Å². The number of rotatable bonds is 11. The first-order valence-corrected chi connectivity index (χ1v) is 12.7. The summed E-state index contributed by atoms with van der Waals surface area (Å²) in [6.07, 6.45) is 9.13. The molecule has 1 aliphatic heterocycles. The van der Waals surface area contributed by atoms with E-state index in [9.17, 15) is 24.8 Å². The SMILES string of the molecule is CCCCCCCN1C(C)=C(C(=O)O)C(c2ccccc2[N+](=O)[O-])C(C(=O)NC2CCCC2)=C1C. The maximum Gasteiger partial charge on any atom is 0.334 e. The summed E-state index contributed by atoms with van der Waals surface area (Å²) in [6.45, 7) is 6.33. The molecule has 2 N–H and O–H groups in total. The number of aliphatic carboxylic acids is 1. The normalized spacial score (nSPS) is 18.8. The van der Waals surface area contributed by atoms with Gasteiger partial charge in [0.05, 0.1) is 16.4 Å². The molecule has 1 amide bonds. The van der Waals surface area contributed by atoms with Crippen molar-refractivity contribution in [1.29, 1.82) is 0 Å². The summed E-state index contributed by atoms with van der Waals surface area (Å²) in [5, 5.41) is 25.3. The van der Waals surface area contributed by atoms with Gasteiger partial charge in [-0.15, -0.1) is 0 Å². The van der Waals surface area contributed by atoms with Gasteiger partial charge < -0.3 is 15.3 Å². The van der Waals surface area contributed by atoms with E-state index in [0.717, 1.165) is 57.8 Å². The number of carboxylic acid groups (broad SMARTS) is 1. The number of carbonyl (C=O) groups is 2.